The number of halogens is 2. The van der Waals surface area contributed by atoms with Crippen LogP contribution in [0.1, 0.15) is 19.8 Å². The first-order valence-corrected chi connectivity index (χ1v) is 8.99. The van der Waals surface area contributed by atoms with Crippen LogP contribution >= 0.6 is 0 Å². The molecule has 3 rings (SSSR count). The van der Waals surface area contributed by atoms with Gasteiger partial charge in [-0.1, -0.05) is 12.1 Å². The average molecular weight is 403 g/mol. The molecule has 6 nitrogen and oxygen atoms in total. The van der Waals surface area contributed by atoms with Crippen molar-refractivity contribution in [2.24, 2.45) is 0 Å². The van der Waals surface area contributed by atoms with E-state index in [1.54, 1.807) is 24.3 Å². The number of aliphatic carboxylic acids is 1. The lowest BCUT2D eigenvalue weighted by Gasteiger charge is -2.12. The number of carbonyl (C=O) groups excluding carboxylic acids is 1. The minimum atomic E-state index is -1.44. The van der Waals surface area contributed by atoms with Crippen LogP contribution in [0.25, 0.3) is 11.1 Å². The third-order valence-electron chi connectivity index (χ3n) is 4.59. The summed E-state index contributed by atoms with van der Waals surface area (Å²) in [6.45, 7) is 2.26. The predicted octanol–water partition coefficient (Wildman–Crippen LogP) is 3.50. The van der Waals surface area contributed by atoms with Crippen molar-refractivity contribution >= 4 is 17.6 Å². The molecule has 1 atom stereocenters. The summed E-state index contributed by atoms with van der Waals surface area (Å²) < 4.78 is 34.5. The minimum Gasteiger partial charge on any atom is -0.494 e. The van der Waals surface area contributed by atoms with Crippen LogP contribution in [0.3, 0.4) is 0 Å². The van der Waals surface area contributed by atoms with Gasteiger partial charge < -0.3 is 20.3 Å². The largest absolute Gasteiger partial charge is 0.494 e. The maximum Gasteiger partial charge on any atom is 0.334 e. The quantitative estimate of drug-likeness (QED) is 0.686. The molecule has 0 radical (unpaired) electrons. The smallest absolute Gasteiger partial charge is 0.334 e. The molecular formula is C21H19F2NO5. The van der Waals surface area contributed by atoms with Gasteiger partial charge in [-0.15, -0.1) is 0 Å². The van der Waals surface area contributed by atoms with Crippen LogP contribution in [0.4, 0.5) is 14.5 Å². The number of hydrogen-bond donors (Lipinski definition) is 3. The second-order valence-corrected chi connectivity index (χ2v) is 6.48. The van der Waals surface area contributed by atoms with Crippen LogP contribution in [0, 0.1) is 11.6 Å². The molecule has 0 spiro atoms. The number of anilines is 1. The lowest BCUT2D eigenvalue weighted by atomic mass is 10.0. The Morgan fingerprint density at radius 2 is 1.86 bits per heavy atom. The fourth-order valence-electron chi connectivity index (χ4n) is 3.25. The number of aliphatic hydroxyl groups is 1. The first-order chi connectivity index (χ1) is 13.8. The molecule has 3 N–H and O–H groups in total. The van der Waals surface area contributed by atoms with E-state index in [1.165, 1.54) is 0 Å². The molecule has 29 heavy (non-hydrogen) atoms. The summed E-state index contributed by atoms with van der Waals surface area (Å²) in [4.78, 5) is 23.6. The molecule has 2 aromatic rings. The number of aliphatic hydroxyl groups excluding tert-OH is 1. The second kappa shape index (κ2) is 8.40. The zero-order valence-electron chi connectivity index (χ0n) is 15.5. The summed E-state index contributed by atoms with van der Waals surface area (Å²) in [5, 5.41) is 20.9. The zero-order chi connectivity index (χ0) is 21.1. The van der Waals surface area contributed by atoms with Crippen molar-refractivity contribution in [3.05, 3.63) is 59.2 Å². The Kier molecular flexibility index (Phi) is 5.93. The topological polar surface area (TPSA) is 95.9 Å². The van der Waals surface area contributed by atoms with Gasteiger partial charge in [0.15, 0.2) is 0 Å². The van der Waals surface area contributed by atoms with Gasteiger partial charge in [0.05, 0.1) is 18.3 Å². The highest BCUT2D eigenvalue weighted by atomic mass is 19.1. The van der Waals surface area contributed by atoms with Crippen molar-refractivity contribution in [2.45, 2.75) is 25.9 Å². The summed E-state index contributed by atoms with van der Waals surface area (Å²) in [7, 11) is 0. The fourth-order valence-corrected chi connectivity index (χ4v) is 3.25. The molecule has 8 heteroatoms. The van der Waals surface area contributed by atoms with Crippen molar-refractivity contribution < 1.29 is 33.3 Å². The van der Waals surface area contributed by atoms with E-state index in [9.17, 15) is 23.5 Å². The molecule has 1 unspecified atom stereocenters. The normalized spacial score (nSPS) is 16.1. The van der Waals surface area contributed by atoms with Crippen LogP contribution in [-0.2, 0) is 9.59 Å². The number of amides is 1. The van der Waals surface area contributed by atoms with E-state index in [4.69, 9.17) is 9.84 Å². The van der Waals surface area contributed by atoms with Gasteiger partial charge in [-0.05, 0) is 55.2 Å². The van der Waals surface area contributed by atoms with Crippen LogP contribution in [0.15, 0.2) is 47.5 Å². The molecule has 0 bridgehead atoms. The third kappa shape index (κ3) is 4.27. The molecule has 1 amide bonds. The highest BCUT2D eigenvalue weighted by molar-refractivity contribution is 6.09. The molecule has 152 valence electrons. The summed E-state index contributed by atoms with van der Waals surface area (Å²) in [6.07, 6.45) is -1.23. The number of rotatable bonds is 6. The van der Waals surface area contributed by atoms with E-state index in [0.29, 0.717) is 17.9 Å². The van der Waals surface area contributed by atoms with Crippen LogP contribution in [0.5, 0.6) is 5.75 Å². The molecule has 2 aromatic carbocycles. The molecule has 0 saturated heterocycles. The highest BCUT2D eigenvalue weighted by Gasteiger charge is 2.33. The first-order valence-electron chi connectivity index (χ1n) is 8.99. The Bertz CT molecular complexity index is 979. The van der Waals surface area contributed by atoms with E-state index in [0.717, 1.165) is 12.1 Å². The predicted molar refractivity (Wildman–Crippen MR) is 101 cm³/mol. The number of nitrogens with one attached hydrogen (secondary N) is 1. The summed E-state index contributed by atoms with van der Waals surface area (Å²) in [5.41, 5.74) is -0.550. The molecule has 0 aliphatic heterocycles. The van der Waals surface area contributed by atoms with Crippen LogP contribution in [-0.4, -0.2) is 34.8 Å². The van der Waals surface area contributed by atoms with Gasteiger partial charge in [0.2, 0.25) is 0 Å². The van der Waals surface area contributed by atoms with Crippen molar-refractivity contribution in [3.63, 3.8) is 0 Å². The van der Waals surface area contributed by atoms with Gasteiger partial charge in [-0.3, -0.25) is 4.79 Å². The maximum absolute atomic E-state index is 14.6. The standard InChI is InChI=1S/C21H19F2NO5/c1-2-29-13-5-3-4-11(8-13)12-9-15(22)19(16(23)10-12)24-20(26)14-6-7-17(25)18(14)21(27)28/h3-5,8-10,17,25H,2,6-7H2,1H3,(H,24,26)(H,27,28). The van der Waals surface area contributed by atoms with Crippen LogP contribution in [0.2, 0.25) is 0 Å². The number of ether oxygens (including phenoxy) is 1. The summed E-state index contributed by atoms with van der Waals surface area (Å²) in [6, 6.07) is 8.85. The Balaban J connectivity index is 1.90. The van der Waals surface area contributed by atoms with Crippen molar-refractivity contribution in [2.75, 3.05) is 11.9 Å². The zero-order valence-corrected chi connectivity index (χ0v) is 15.5. The van der Waals surface area contributed by atoms with Gasteiger partial charge in [-0.25, -0.2) is 13.6 Å². The lowest BCUT2D eigenvalue weighted by molar-refractivity contribution is -0.134. The molecule has 0 aromatic heterocycles. The van der Waals surface area contributed by atoms with Crippen molar-refractivity contribution in [1.29, 1.82) is 0 Å². The lowest BCUT2D eigenvalue weighted by Crippen LogP contribution is -2.20. The average Bonchev–Trinajstić information content (AvgIpc) is 3.07. The number of carboxylic acid groups (broad SMARTS) is 1. The van der Waals surface area contributed by atoms with E-state index in [1.807, 2.05) is 6.92 Å². The number of carboxylic acids is 1. The van der Waals surface area contributed by atoms with Gasteiger partial charge in [0.25, 0.3) is 5.91 Å². The second-order valence-electron chi connectivity index (χ2n) is 6.48. The molecular weight excluding hydrogens is 384 g/mol. The third-order valence-corrected chi connectivity index (χ3v) is 4.59. The first kappa shape index (κ1) is 20.5. The molecule has 1 aliphatic rings. The van der Waals surface area contributed by atoms with Gasteiger partial charge in [0, 0.05) is 5.57 Å². The summed E-state index contributed by atoms with van der Waals surface area (Å²) >= 11 is 0. The number of benzene rings is 2. The Hall–Kier alpha value is -3.26. The van der Waals surface area contributed by atoms with Gasteiger partial charge in [-0.2, -0.15) is 0 Å². The van der Waals surface area contributed by atoms with Crippen molar-refractivity contribution in [1.82, 2.24) is 0 Å². The fraction of sp³-hybridized carbons (Fsp3) is 0.238. The van der Waals surface area contributed by atoms with E-state index >= 15 is 0 Å². The molecule has 0 fully saturated rings. The van der Waals surface area contributed by atoms with Gasteiger partial charge in [0.1, 0.15) is 23.1 Å². The highest BCUT2D eigenvalue weighted by Crippen LogP contribution is 2.32. The molecule has 0 saturated carbocycles. The molecule has 1 aliphatic carbocycles. The monoisotopic (exact) mass is 403 g/mol. The Labute approximate surface area is 165 Å². The van der Waals surface area contributed by atoms with E-state index < -0.39 is 40.9 Å². The van der Waals surface area contributed by atoms with Gasteiger partial charge >= 0.3 is 5.97 Å². The number of hydrogen-bond acceptors (Lipinski definition) is 4. The van der Waals surface area contributed by atoms with E-state index in [2.05, 4.69) is 5.32 Å². The number of carbonyl (C=O) groups is 2. The van der Waals surface area contributed by atoms with Crippen LogP contribution < -0.4 is 10.1 Å². The van der Waals surface area contributed by atoms with E-state index in [-0.39, 0.29) is 24.0 Å². The Morgan fingerprint density at radius 3 is 2.48 bits per heavy atom. The maximum atomic E-state index is 14.6. The van der Waals surface area contributed by atoms with Crippen molar-refractivity contribution in [3.8, 4) is 16.9 Å². The SMILES string of the molecule is CCOc1cccc(-c2cc(F)c(NC(=O)C3=C(C(=O)O)C(O)CC3)c(F)c2)c1. The minimum absolute atomic E-state index is 0.000174. The molecule has 0 heterocycles. The summed E-state index contributed by atoms with van der Waals surface area (Å²) in [5.74, 6) is -3.86. The Morgan fingerprint density at radius 1 is 1.17 bits per heavy atom.